The van der Waals surface area contributed by atoms with Gasteiger partial charge in [0.25, 0.3) is 5.56 Å². The first-order valence-corrected chi connectivity index (χ1v) is 9.33. The van der Waals surface area contributed by atoms with Crippen LogP contribution in [0.5, 0.6) is 0 Å². The maximum Gasteiger partial charge on any atom is 0.287 e. The zero-order valence-electron chi connectivity index (χ0n) is 14.3. The molecule has 0 bridgehead atoms. The van der Waals surface area contributed by atoms with Crippen LogP contribution in [0.3, 0.4) is 0 Å². The van der Waals surface area contributed by atoms with E-state index in [9.17, 15) is 14.0 Å². The summed E-state index contributed by atoms with van der Waals surface area (Å²) in [7, 11) is 0. The third-order valence-corrected chi connectivity index (χ3v) is 4.91. The minimum absolute atomic E-state index is 0.0187. The van der Waals surface area contributed by atoms with Crippen molar-refractivity contribution >= 4 is 35.0 Å². The molecule has 0 aliphatic carbocycles. The van der Waals surface area contributed by atoms with E-state index < -0.39 is 5.82 Å². The summed E-state index contributed by atoms with van der Waals surface area (Å²) in [5, 5.41) is 2.74. The molecule has 0 aliphatic rings. The van der Waals surface area contributed by atoms with Crippen molar-refractivity contribution in [2.24, 2.45) is 0 Å². The Morgan fingerprint density at radius 2 is 2.00 bits per heavy atom. The van der Waals surface area contributed by atoms with Crippen LogP contribution in [-0.2, 0) is 4.79 Å². The Bertz CT molecular complexity index is 1040. The number of rotatable bonds is 5. The summed E-state index contributed by atoms with van der Waals surface area (Å²) in [6, 6.07) is 11.4. The quantitative estimate of drug-likeness (QED) is 0.652. The fourth-order valence-corrected chi connectivity index (χ4v) is 3.18. The molecule has 3 rings (SSSR count). The van der Waals surface area contributed by atoms with E-state index in [-0.39, 0.29) is 27.3 Å². The number of carbonyl (C=O) groups is 1. The lowest BCUT2D eigenvalue weighted by molar-refractivity contribution is -0.113. The average Bonchev–Trinajstić information content (AvgIpc) is 2.65. The molecule has 1 N–H and O–H groups in total. The molecular formula is C19H15ClFN3O2S. The Morgan fingerprint density at radius 1 is 1.26 bits per heavy atom. The monoisotopic (exact) mass is 403 g/mol. The Balaban J connectivity index is 1.70. The second-order valence-electron chi connectivity index (χ2n) is 5.71. The average molecular weight is 404 g/mol. The number of aryl methyl sites for hydroxylation is 1. The second-order valence-corrected chi connectivity index (χ2v) is 7.08. The maximum atomic E-state index is 13.2. The molecule has 0 unspecified atom stereocenters. The molecule has 1 aromatic heterocycles. The van der Waals surface area contributed by atoms with Crippen molar-refractivity contribution in [2.45, 2.75) is 11.9 Å². The number of anilines is 1. The molecule has 0 radical (unpaired) electrons. The number of amides is 1. The number of thioether (sulfide) groups is 1. The van der Waals surface area contributed by atoms with Crippen molar-refractivity contribution in [3.63, 3.8) is 0 Å². The van der Waals surface area contributed by atoms with Crippen LogP contribution in [0.15, 0.2) is 64.7 Å². The minimum Gasteiger partial charge on any atom is -0.325 e. The van der Waals surface area contributed by atoms with E-state index in [0.29, 0.717) is 5.69 Å². The van der Waals surface area contributed by atoms with Gasteiger partial charge in [-0.15, -0.1) is 0 Å². The fourth-order valence-electron chi connectivity index (χ4n) is 2.31. The summed E-state index contributed by atoms with van der Waals surface area (Å²) < 4.78 is 14.6. The third kappa shape index (κ3) is 4.75. The van der Waals surface area contributed by atoms with Gasteiger partial charge in [-0.2, -0.15) is 0 Å². The molecule has 0 saturated heterocycles. The van der Waals surface area contributed by atoms with Gasteiger partial charge in [0.2, 0.25) is 5.91 Å². The molecule has 2 aromatic carbocycles. The molecule has 0 atom stereocenters. The lowest BCUT2D eigenvalue weighted by Gasteiger charge is -2.08. The van der Waals surface area contributed by atoms with Gasteiger partial charge >= 0.3 is 0 Å². The van der Waals surface area contributed by atoms with Gasteiger partial charge in [0.15, 0.2) is 5.03 Å². The normalized spacial score (nSPS) is 10.6. The van der Waals surface area contributed by atoms with Crippen molar-refractivity contribution in [3.8, 4) is 5.69 Å². The first kappa shape index (κ1) is 19.1. The second kappa shape index (κ2) is 8.37. The number of nitrogens with one attached hydrogen (secondary N) is 1. The molecule has 1 heterocycles. The number of aromatic nitrogens is 2. The first-order valence-electron chi connectivity index (χ1n) is 7.96. The Labute approximate surface area is 164 Å². The van der Waals surface area contributed by atoms with Gasteiger partial charge < -0.3 is 5.32 Å². The third-order valence-electron chi connectivity index (χ3n) is 3.66. The van der Waals surface area contributed by atoms with Crippen LogP contribution < -0.4 is 10.9 Å². The highest BCUT2D eigenvalue weighted by molar-refractivity contribution is 7.99. The summed E-state index contributed by atoms with van der Waals surface area (Å²) in [5.41, 5.74) is 1.89. The first-order chi connectivity index (χ1) is 12.9. The van der Waals surface area contributed by atoms with E-state index >= 15 is 0 Å². The van der Waals surface area contributed by atoms with Gasteiger partial charge in [0, 0.05) is 23.8 Å². The highest BCUT2D eigenvalue weighted by atomic mass is 35.5. The molecule has 0 saturated carbocycles. The smallest absolute Gasteiger partial charge is 0.287 e. The van der Waals surface area contributed by atoms with Crippen LogP contribution in [0.25, 0.3) is 5.69 Å². The van der Waals surface area contributed by atoms with Gasteiger partial charge in [-0.1, -0.05) is 41.1 Å². The van der Waals surface area contributed by atoms with Crippen LogP contribution in [0.4, 0.5) is 10.1 Å². The highest BCUT2D eigenvalue weighted by Crippen LogP contribution is 2.20. The Kier molecular flexibility index (Phi) is 5.93. The molecule has 0 spiro atoms. The molecule has 27 heavy (non-hydrogen) atoms. The van der Waals surface area contributed by atoms with Crippen LogP contribution in [-0.4, -0.2) is 21.2 Å². The number of nitrogens with zero attached hydrogens (tertiary/aromatic N) is 2. The minimum atomic E-state index is -0.561. The zero-order valence-corrected chi connectivity index (χ0v) is 15.9. The number of carbonyl (C=O) groups excluding carboxylic acids is 1. The molecule has 0 aliphatic heterocycles. The molecular weight excluding hydrogens is 389 g/mol. The van der Waals surface area contributed by atoms with E-state index in [1.54, 1.807) is 6.20 Å². The molecule has 5 nitrogen and oxygen atoms in total. The Hall–Kier alpha value is -2.64. The molecule has 1 amide bonds. The van der Waals surface area contributed by atoms with Crippen molar-refractivity contribution in [1.29, 1.82) is 0 Å². The molecule has 8 heteroatoms. The van der Waals surface area contributed by atoms with E-state index in [1.807, 2.05) is 31.2 Å². The summed E-state index contributed by atoms with van der Waals surface area (Å²) in [5.74, 6) is -0.932. The van der Waals surface area contributed by atoms with Gasteiger partial charge in [-0.3, -0.25) is 14.2 Å². The number of benzene rings is 2. The number of hydrogen-bond donors (Lipinski definition) is 1. The summed E-state index contributed by atoms with van der Waals surface area (Å²) >= 11 is 6.72. The lowest BCUT2D eigenvalue weighted by atomic mass is 10.2. The van der Waals surface area contributed by atoms with Crippen LogP contribution in [0.1, 0.15) is 5.56 Å². The van der Waals surface area contributed by atoms with Crippen LogP contribution in [0, 0.1) is 12.7 Å². The summed E-state index contributed by atoms with van der Waals surface area (Å²) in [6.45, 7) is 1.97. The standard InChI is InChI=1S/C19H15ClFN3O2S/c1-12-2-5-14(6-3-12)24-9-8-22-18(19(24)26)27-11-17(25)23-13-4-7-16(21)15(20)10-13/h2-10H,11H2,1H3,(H,23,25). The van der Waals surface area contributed by atoms with Gasteiger partial charge in [0.05, 0.1) is 10.8 Å². The lowest BCUT2D eigenvalue weighted by Crippen LogP contribution is -2.22. The number of halogens is 2. The van der Waals surface area contributed by atoms with Gasteiger partial charge in [-0.25, -0.2) is 9.37 Å². The molecule has 138 valence electrons. The van der Waals surface area contributed by atoms with Crippen molar-refractivity contribution < 1.29 is 9.18 Å². The van der Waals surface area contributed by atoms with E-state index in [1.165, 1.54) is 29.0 Å². The highest BCUT2D eigenvalue weighted by Gasteiger charge is 2.11. The van der Waals surface area contributed by atoms with E-state index in [2.05, 4.69) is 10.3 Å². The van der Waals surface area contributed by atoms with Crippen molar-refractivity contribution in [2.75, 3.05) is 11.1 Å². The summed E-state index contributed by atoms with van der Waals surface area (Å²) in [4.78, 5) is 28.7. The fraction of sp³-hybridized carbons (Fsp3) is 0.105. The largest absolute Gasteiger partial charge is 0.325 e. The predicted octanol–water partition coefficient (Wildman–Crippen LogP) is 4.06. The zero-order chi connectivity index (χ0) is 19.4. The van der Waals surface area contributed by atoms with Crippen molar-refractivity contribution in [1.82, 2.24) is 9.55 Å². The SMILES string of the molecule is Cc1ccc(-n2ccnc(SCC(=O)Nc3ccc(F)c(Cl)c3)c2=O)cc1. The molecule has 3 aromatic rings. The maximum absolute atomic E-state index is 13.2. The van der Waals surface area contributed by atoms with Gasteiger partial charge in [-0.05, 0) is 37.3 Å². The topological polar surface area (TPSA) is 64.0 Å². The van der Waals surface area contributed by atoms with E-state index in [4.69, 9.17) is 11.6 Å². The van der Waals surface area contributed by atoms with Crippen LogP contribution >= 0.6 is 23.4 Å². The van der Waals surface area contributed by atoms with Crippen LogP contribution in [0.2, 0.25) is 5.02 Å². The summed E-state index contributed by atoms with van der Waals surface area (Å²) in [6.07, 6.45) is 3.10. The van der Waals surface area contributed by atoms with E-state index in [0.717, 1.165) is 23.0 Å². The molecule has 0 fully saturated rings. The van der Waals surface area contributed by atoms with Crippen molar-refractivity contribution in [3.05, 3.63) is 81.6 Å². The predicted molar refractivity (Wildman–Crippen MR) is 105 cm³/mol. The van der Waals surface area contributed by atoms with Gasteiger partial charge in [0.1, 0.15) is 5.82 Å². The Morgan fingerprint density at radius 3 is 2.70 bits per heavy atom. The number of hydrogen-bond acceptors (Lipinski definition) is 4.